The minimum atomic E-state index is -5.08. The first kappa shape index (κ1) is 38.2. The zero-order chi connectivity index (χ0) is 36.6. The van der Waals surface area contributed by atoms with E-state index in [0.29, 0.717) is 42.5 Å². The molecule has 3 atom stereocenters. The lowest BCUT2D eigenvalue weighted by Crippen LogP contribution is -2.55. The number of anilines is 1. The van der Waals surface area contributed by atoms with Crippen LogP contribution in [0.15, 0.2) is 60.7 Å². The van der Waals surface area contributed by atoms with Gasteiger partial charge >= 0.3 is 18.2 Å². The fourth-order valence-corrected chi connectivity index (χ4v) is 6.53. The number of alkyl halides is 3. The number of urea groups is 1. The maximum absolute atomic E-state index is 13.6. The van der Waals surface area contributed by atoms with Gasteiger partial charge in [-0.15, -0.1) is 0 Å². The maximum atomic E-state index is 13.6. The molecule has 2 fully saturated rings. The number of aliphatic carboxylic acids is 1. The van der Waals surface area contributed by atoms with Gasteiger partial charge in [-0.25, -0.2) is 18.4 Å². The van der Waals surface area contributed by atoms with Crippen LogP contribution in [0.5, 0.6) is 11.5 Å². The van der Waals surface area contributed by atoms with Crippen molar-refractivity contribution in [2.45, 2.75) is 55.9 Å². The van der Waals surface area contributed by atoms with Crippen molar-refractivity contribution < 1.29 is 50.9 Å². The lowest BCUT2D eigenvalue weighted by molar-refractivity contribution is -0.192. The molecule has 0 unspecified atom stereocenters. The molecule has 1 saturated carbocycles. The molecule has 0 spiro atoms. The molecule has 3 aromatic carbocycles. The van der Waals surface area contributed by atoms with Gasteiger partial charge in [0.15, 0.2) is 23.1 Å². The number of fused-ring (bicyclic) bond motifs is 1. The Morgan fingerprint density at radius 2 is 1.64 bits per heavy atom. The second-order valence-electron chi connectivity index (χ2n) is 11.8. The van der Waals surface area contributed by atoms with E-state index in [0.717, 1.165) is 36.1 Å². The van der Waals surface area contributed by atoms with E-state index in [9.17, 15) is 31.5 Å². The minimum Gasteiger partial charge on any atom is -0.493 e. The summed E-state index contributed by atoms with van der Waals surface area (Å²) in [5, 5.41) is 16.6. The first-order chi connectivity index (χ1) is 23.7. The molecule has 4 N–H and O–H groups in total. The van der Waals surface area contributed by atoms with Crippen molar-refractivity contribution in [3.63, 3.8) is 0 Å². The average Bonchev–Trinajstić information content (AvgIpc) is 3.47. The standard InChI is InChI=1S/C32H35ClF2N4O4.C2HF3O2/c1-42-27-10-5-21(15-28(27)43-2)32-12-11-24(38-31(41)37-23-8-9-25(34)26(35)16-23)17-29(32)39(14-13-32)30(40)19-36-18-20-3-6-22(33)7-4-20;3-2(4,5)1(6)7/h3-10,15-16,24,29,36H,11-14,17-19H2,1-2H3,(H2,37,38,41);(H,6,7)/t24-,29+,32+;/m1./s1. The predicted octanol–water partition coefficient (Wildman–Crippen LogP) is 6.27. The number of likely N-dealkylation sites (tertiary alicyclic amines) is 1. The molecule has 50 heavy (non-hydrogen) atoms. The van der Waals surface area contributed by atoms with E-state index in [1.807, 2.05) is 47.4 Å². The average molecular weight is 727 g/mol. The molecular weight excluding hydrogens is 691 g/mol. The summed E-state index contributed by atoms with van der Waals surface area (Å²) in [6.45, 7) is 1.26. The number of nitrogens with one attached hydrogen (secondary N) is 3. The van der Waals surface area contributed by atoms with Crippen molar-refractivity contribution in [3.05, 3.63) is 88.4 Å². The van der Waals surface area contributed by atoms with Gasteiger partial charge < -0.3 is 35.4 Å². The highest BCUT2D eigenvalue weighted by Gasteiger charge is 2.53. The third-order valence-corrected chi connectivity index (χ3v) is 9.06. The number of carboxylic acids is 1. The van der Waals surface area contributed by atoms with Gasteiger partial charge in [0.1, 0.15) is 0 Å². The molecule has 10 nitrogen and oxygen atoms in total. The highest BCUT2D eigenvalue weighted by Crippen LogP contribution is 2.50. The van der Waals surface area contributed by atoms with Crippen LogP contribution < -0.4 is 25.4 Å². The molecule has 2 aliphatic rings. The lowest BCUT2D eigenvalue weighted by Gasteiger charge is -2.45. The summed E-state index contributed by atoms with van der Waals surface area (Å²) >= 11 is 5.99. The zero-order valence-electron chi connectivity index (χ0n) is 27.1. The monoisotopic (exact) mass is 726 g/mol. The Bertz CT molecular complexity index is 1680. The van der Waals surface area contributed by atoms with Gasteiger partial charge in [0, 0.05) is 47.4 Å². The molecule has 1 heterocycles. The fraction of sp³-hybridized carbons (Fsp3) is 0.382. The van der Waals surface area contributed by atoms with Crippen LogP contribution in [0.1, 0.15) is 36.8 Å². The predicted molar refractivity (Wildman–Crippen MR) is 174 cm³/mol. The summed E-state index contributed by atoms with van der Waals surface area (Å²) in [6.07, 6.45) is -2.38. The van der Waals surface area contributed by atoms with E-state index in [2.05, 4.69) is 16.0 Å². The number of ether oxygens (including phenoxy) is 2. The molecule has 270 valence electrons. The molecule has 1 aliphatic heterocycles. The van der Waals surface area contributed by atoms with Crippen LogP contribution in [0.4, 0.5) is 32.4 Å². The normalized spacial score (nSPS) is 19.8. The Morgan fingerprint density at radius 3 is 2.26 bits per heavy atom. The molecule has 3 amide bonds. The highest BCUT2D eigenvalue weighted by atomic mass is 35.5. The van der Waals surface area contributed by atoms with Gasteiger partial charge in [0.2, 0.25) is 5.91 Å². The SMILES string of the molecule is COc1ccc([C@@]23CC[C@@H](NC(=O)Nc4ccc(F)c(F)c4)C[C@@H]2N(C(=O)CNCc2ccc(Cl)cc2)CC3)cc1OC.O=C(O)C(F)(F)F. The second kappa shape index (κ2) is 16.4. The van der Waals surface area contributed by atoms with E-state index in [-0.39, 0.29) is 35.6 Å². The number of carbonyl (C=O) groups is 3. The van der Waals surface area contributed by atoms with E-state index in [1.165, 1.54) is 6.07 Å². The number of hydrogen-bond acceptors (Lipinski definition) is 6. The van der Waals surface area contributed by atoms with E-state index < -0.39 is 29.8 Å². The van der Waals surface area contributed by atoms with Gasteiger partial charge in [-0.05, 0) is 73.2 Å². The molecule has 0 aromatic heterocycles. The van der Waals surface area contributed by atoms with Crippen LogP contribution in [-0.2, 0) is 21.5 Å². The van der Waals surface area contributed by atoms with Crippen LogP contribution in [0.3, 0.4) is 0 Å². The zero-order valence-corrected chi connectivity index (χ0v) is 27.8. The number of halogens is 6. The van der Waals surface area contributed by atoms with Crippen molar-refractivity contribution in [1.82, 2.24) is 15.5 Å². The second-order valence-corrected chi connectivity index (χ2v) is 12.2. The summed E-state index contributed by atoms with van der Waals surface area (Å²) in [6, 6.07) is 15.6. The largest absolute Gasteiger partial charge is 0.493 e. The Kier molecular flexibility index (Phi) is 12.5. The molecular formula is C34H36ClF5N4O6. The van der Waals surface area contributed by atoms with E-state index >= 15 is 0 Å². The Balaban J connectivity index is 0.000000727. The van der Waals surface area contributed by atoms with Crippen LogP contribution in [0, 0.1) is 11.6 Å². The Labute approximate surface area is 289 Å². The van der Waals surface area contributed by atoms with Crippen LogP contribution in [-0.4, -0.2) is 73.5 Å². The van der Waals surface area contributed by atoms with Gasteiger partial charge in [-0.2, -0.15) is 13.2 Å². The molecule has 0 bridgehead atoms. The number of amides is 3. The van der Waals surface area contributed by atoms with E-state index in [4.69, 9.17) is 31.0 Å². The molecule has 0 radical (unpaired) electrons. The summed E-state index contributed by atoms with van der Waals surface area (Å²) in [5.41, 5.74) is 1.90. The van der Waals surface area contributed by atoms with Crippen LogP contribution in [0.25, 0.3) is 0 Å². The third kappa shape index (κ3) is 9.33. The number of rotatable bonds is 9. The molecule has 5 rings (SSSR count). The molecule has 1 aliphatic carbocycles. The first-order valence-electron chi connectivity index (χ1n) is 15.5. The number of hydrogen-bond donors (Lipinski definition) is 4. The van der Waals surface area contributed by atoms with Gasteiger partial charge in [0.25, 0.3) is 0 Å². The smallest absolute Gasteiger partial charge is 0.490 e. The van der Waals surface area contributed by atoms with E-state index in [1.54, 1.807) is 14.2 Å². The minimum absolute atomic E-state index is 0.0202. The van der Waals surface area contributed by atoms with Crippen molar-refractivity contribution in [2.24, 2.45) is 0 Å². The summed E-state index contributed by atoms with van der Waals surface area (Å²) in [7, 11) is 3.19. The lowest BCUT2D eigenvalue weighted by atomic mass is 9.65. The number of benzene rings is 3. The Morgan fingerprint density at radius 1 is 0.960 bits per heavy atom. The number of carboxylic acid groups (broad SMARTS) is 1. The topological polar surface area (TPSA) is 129 Å². The highest BCUT2D eigenvalue weighted by molar-refractivity contribution is 6.30. The summed E-state index contributed by atoms with van der Waals surface area (Å²) < 4.78 is 69.8. The molecule has 1 saturated heterocycles. The van der Waals surface area contributed by atoms with Crippen molar-refractivity contribution >= 4 is 35.2 Å². The molecule has 3 aromatic rings. The Hall–Kier alpha value is -4.63. The van der Waals surface area contributed by atoms with Gasteiger partial charge in [0.05, 0.1) is 20.8 Å². The fourth-order valence-electron chi connectivity index (χ4n) is 6.40. The molecule has 16 heteroatoms. The number of nitrogens with zero attached hydrogens (tertiary/aromatic N) is 1. The summed E-state index contributed by atoms with van der Waals surface area (Å²) in [4.78, 5) is 37.2. The third-order valence-electron chi connectivity index (χ3n) is 8.81. The summed E-state index contributed by atoms with van der Waals surface area (Å²) in [5.74, 6) is -3.56. The van der Waals surface area contributed by atoms with Gasteiger partial charge in [-0.3, -0.25) is 4.79 Å². The van der Waals surface area contributed by atoms with Crippen LogP contribution >= 0.6 is 11.6 Å². The van der Waals surface area contributed by atoms with Crippen molar-refractivity contribution in [2.75, 3.05) is 32.6 Å². The van der Waals surface area contributed by atoms with Crippen molar-refractivity contribution in [3.8, 4) is 11.5 Å². The number of methoxy groups -OCH3 is 2. The van der Waals surface area contributed by atoms with Crippen molar-refractivity contribution in [1.29, 1.82) is 0 Å². The van der Waals surface area contributed by atoms with Crippen LogP contribution in [0.2, 0.25) is 5.02 Å². The first-order valence-corrected chi connectivity index (χ1v) is 15.8. The quantitative estimate of drug-likeness (QED) is 0.191. The number of carbonyl (C=O) groups excluding carboxylic acids is 2. The maximum Gasteiger partial charge on any atom is 0.490 e. The van der Waals surface area contributed by atoms with Gasteiger partial charge in [-0.1, -0.05) is 29.8 Å².